The summed E-state index contributed by atoms with van der Waals surface area (Å²) in [6.45, 7) is 9.85. The number of hydrogen-bond donors (Lipinski definition) is 1. The minimum Gasteiger partial charge on any atom is -0.392 e. The standard InChI is InChI=1S/C27H40O/c1-19(18-28)8-7-9-20(2)23-13-14-24-22-12-11-21-10-5-6-16-26(21,3)25(22)15-17-27(23,24)4/h8,11-12,15,20,23-24,28H,5-7,9-10,13-14,16-18H2,1-4H3/t20-,23-,24+,26+,27-/m1/s1. The molecule has 0 aliphatic heterocycles. The van der Waals surface area contributed by atoms with E-state index in [9.17, 15) is 5.11 Å². The summed E-state index contributed by atoms with van der Waals surface area (Å²) in [5.74, 6) is 2.34. The maximum absolute atomic E-state index is 9.23. The monoisotopic (exact) mass is 380 g/mol. The molecule has 4 rings (SSSR count). The molecule has 1 heteroatoms. The molecular weight excluding hydrogens is 340 g/mol. The fourth-order valence-corrected chi connectivity index (χ4v) is 7.23. The summed E-state index contributed by atoms with van der Waals surface area (Å²) in [4.78, 5) is 0. The van der Waals surface area contributed by atoms with Crippen molar-refractivity contribution in [3.8, 4) is 0 Å². The molecule has 0 aromatic carbocycles. The molecule has 4 aliphatic rings. The molecule has 0 heterocycles. The molecule has 0 spiro atoms. The third kappa shape index (κ3) is 3.18. The van der Waals surface area contributed by atoms with Gasteiger partial charge in [0.25, 0.3) is 0 Å². The molecule has 1 nitrogen and oxygen atoms in total. The summed E-state index contributed by atoms with van der Waals surface area (Å²) in [5.41, 5.74) is 6.99. The Kier molecular flexibility index (Phi) is 5.51. The lowest BCUT2D eigenvalue weighted by molar-refractivity contribution is 0.121. The molecule has 28 heavy (non-hydrogen) atoms. The normalized spacial score (nSPS) is 38.6. The van der Waals surface area contributed by atoms with Crippen LogP contribution in [-0.4, -0.2) is 11.7 Å². The first-order valence-electron chi connectivity index (χ1n) is 11.8. The van der Waals surface area contributed by atoms with Crippen LogP contribution in [0.2, 0.25) is 0 Å². The van der Waals surface area contributed by atoms with Gasteiger partial charge in [0.1, 0.15) is 0 Å². The maximum Gasteiger partial charge on any atom is 0.0639 e. The Morgan fingerprint density at radius 1 is 1.25 bits per heavy atom. The van der Waals surface area contributed by atoms with Crippen molar-refractivity contribution in [1.82, 2.24) is 0 Å². The van der Waals surface area contributed by atoms with Crippen molar-refractivity contribution >= 4 is 0 Å². The molecule has 0 unspecified atom stereocenters. The largest absolute Gasteiger partial charge is 0.392 e. The van der Waals surface area contributed by atoms with Crippen molar-refractivity contribution in [2.24, 2.45) is 28.6 Å². The molecule has 1 N–H and O–H groups in total. The van der Waals surface area contributed by atoms with E-state index in [4.69, 9.17) is 0 Å². The zero-order valence-corrected chi connectivity index (χ0v) is 18.6. The first kappa shape index (κ1) is 20.2. The highest BCUT2D eigenvalue weighted by molar-refractivity contribution is 5.53. The van der Waals surface area contributed by atoms with E-state index in [0.29, 0.717) is 10.8 Å². The quantitative estimate of drug-likeness (QED) is 0.502. The molecule has 154 valence electrons. The second-order valence-electron chi connectivity index (χ2n) is 10.7. The van der Waals surface area contributed by atoms with Gasteiger partial charge in [0.2, 0.25) is 0 Å². The topological polar surface area (TPSA) is 20.2 Å². The Morgan fingerprint density at radius 3 is 2.86 bits per heavy atom. The van der Waals surface area contributed by atoms with E-state index in [1.165, 1.54) is 51.4 Å². The van der Waals surface area contributed by atoms with Gasteiger partial charge in [0, 0.05) is 5.41 Å². The van der Waals surface area contributed by atoms with E-state index in [0.717, 1.165) is 29.7 Å². The first-order chi connectivity index (χ1) is 13.4. The predicted molar refractivity (Wildman–Crippen MR) is 119 cm³/mol. The number of aliphatic hydroxyl groups is 1. The number of aliphatic hydroxyl groups excluding tert-OH is 1. The molecule has 0 saturated heterocycles. The van der Waals surface area contributed by atoms with Crippen molar-refractivity contribution in [2.45, 2.75) is 85.5 Å². The van der Waals surface area contributed by atoms with Crippen molar-refractivity contribution < 1.29 is 5.11 Å². The summed E-state index contributed by atoms with van der Waals surface area (Å²) < 4.78 is 0. The van der Waals surface area contributed by atoms with Gasteiger partial charge in [-0.05, 0) is 92.6 Å². The molecule has 0 bridgehead atoms. The summed E-state index contributed by atoms with van der Waals surface area (Å²) in [5, 5.41) is 9.23. The van der Waals surface area contributed by atoms with Crippen molar-refractivity contribution in [1.29, 1.82) is 0 Å². The average Bonchev–Trinajstić information content (AvgIpc) is 3.04. The molecular formula is C27H40O. The number of rotatable bonds is 5. The average molecular weight is 381 g/mol. The Hall–Kier alpha value is -1.08. The predicted octanol–water partition coefficient (Wildman–Crippen LogP) is 7.15. The highest BCUT2D eigenvalue weighted by Gasteiger charge is 2.53. The molecule has 0 aromatic heterocycles. The highest BCUT2D eigenvalue weighted by atomic mass is 16.3. The molecule has 5 atom stereocenters. The summed E-state index contributed by atoms with van der Waals surface area (Å²) in [6.07, 6.45) is 21.8. The van der Waals surface area contributed by atoms with Gasteiger partial charge in [-0.3, -0.25) is 0 Å². The minimum absolute atomic E-state index is 0.202. The fourth-order valence-electron chi connectivity index (χ4n) is 7.23. The lowest BCUT2D eigenvalue weighted by Gasteiger charge is -2.50. The smallest absolute Gasteiger partial charge is 0.0639 e. The third-order valence-corrected chi connectivity index (χ3v) is 9.03. The van der Waals surface area contributed by atoms with E-state index in [2.05, 4.69) is 45.1 Å². The second-order valence-corrected chi connectivity index (χ2v) is 10.7. The fraction of sp³-hybridized carbons (Fsp3) is 0.704. The van der Waals surface area contributed by atoms with Gasteiger partial charge in [-0.2, -0.15) is 0 Å². The van der Waals surface area contributed by atoms with Crippen LogP contribution in [0, 0.1) is 28.6 Å². The van der Waals surface area contributed by atoms with Crippen LogP contribution in [0.4, 0.5) is 0 Å². The van der Waals surface area contributed by atoms with Crippen molar-refractivity contribution in [3.05, 3.63) is 46.6 Å². The summed E-state index contributed by atoms with van der Waals surface area (Å²) in [6, 6.07) is 0. The van der Waals surface area contributed by atoms with Crippen LogP contribution in [-0.2, 0) is 0 Å². The first-order valence-corrected chi connectivity index (χ1v) is 11.8. The number of hydrogen-bond acceptors (Lipinski definition) is 1. The van der Waals surface area contributed by atoms with Crippen LogP contribution in [0.15, 0.2) is 46.6 Å². The maximum atomic E-state index is 9.23. The Morgan fingerprint density at radius 2 is 2.07 bits per heavy atom. The number of allylic oxidation sites excluding steroid dienone is 7. The third-order valence-electron chi connectivity index (χ3n) is 9.03. The zero-order chi connectivity index (χ0) is 19.9. The van der Waals surface area contributed by atoms with E-state index < -0.39 is 0 Å². The van der Waals surface area contributed by atoms with E-state index >= 15 is 0 Å². The Balaban J connectivity index is 1.55. The van der Waals surface area contributed by atoms with Gasteiger partial charge < -0.3 is 5.11 Å². The van der Waals surface area contributed by atoms with Gasteiger partial charge in [-0.25, -0.2) is 0 Å². The van der Waals surface area contributed by atoms with Crippen LogP contribution in [0.1, 0.15) is 85.5 Å². The second kappa shape index (κ2) is 7.63. The minimum atomic E-state index is 0.202. The van der Waals surface area contributed by atoms with E-state index in [1.807, 2.05) is 6.92 Å². The van der Waals surface area contributed by atoms with Crippen LogP contribution < -0.4 is 0 Å². The van der Waals surface area contributed by atoms with Gasteiger partial charge >= 0.3 is 0 Å². The van der Waals surface area contributed by atoms with Gasteiger partial charge in [0.15, 0.2) is 0 Å². The number of fused-ring (bicyclic) bond motifs is 5. The molecule has 4 aliphatic carbocycles. The zero-order valence-electron chi connectivity index (χ0n) is 18.6. The molecule has 0 amide bonds. The lowest BCUT2D eigenvalue weighted by Crippen LogP contribution is -2.39. The van der Waals surface area contributed by atoms with Crippen LogP contribution >= 0.6 is 0 Å². The SMILES string of the molecule is CC(=CCC[C@@H](C)[C@H]1CC[C@H]2C3=CC=C4CCCC[C@]4(C)C3=CC[C@]12C)CO. The van der Waals surface area contributed by atoms with Crippen molar-refractivity contribution in [2.75, 3.05) is 6.61 Å². The molecule has 2 fully saturated rings. The Bertz CT molecular complexity index is 735. The van der Waals surface area contributed by atoms with Gasteiger partial charge in [-0.15, -0.1) is 0 Å². The van der Waals surface area contributed by atoms with E-state index in [1.54, 1.807) is 16.7 Å². The van der Waals surface area contributed by atoms with E-state index in [-0.39, 0.29) is 6.61 Å². The van der Waals surface area contributed by atoms with Crippen molar-refractivity contribution in [3.63, 3.8) is 0 Å². The highest BCUT2D eigenvalue weighted by Crippen LogP contribution is 2.64. The van der Waals surface area contributed by atoms with Gasteiger partial charge in [-0.1, -0.05) is 62.6 Å². The van der Waals surface area contributed by atoms with Crippen LogP contribution in [0.25, 0.3) is 0 Å². The van der Waals surface area contributed by atoms with Gasteiger partial charge in [0.05, 0.1) is 6.61 Å². The van der Waals surface area contributed by atoms with Crippen LogP contribution in [0.5, 0.6) is 0 Å². The Labute approximate surface area is 172 Å². The summed E-state index contributed by atoms with van der Waals surface area (Å²) in [7, 11) is 0. The molecule has 0 radical (unpaired) electrons. The molecule has 0 aromatic rings. The molecule has 2 saturated carbocycles. The lowest BCUT2D eigenvalue weighted by atomic mass is 9.54. The van der Waals surface area contributed by atoms with Crippen LogP contribution in [0.3, 0.4) is 0 Å². The summed E-state index contributed by atoms with van der Waals surface area (Å²) >= 11 is 0.